The van der Waals surface area contributed by atoms with Crippen molar-refractivity contribution in [1.29, 1.82) is 0 Å². The number of aromatic carboxylic acids is 1. The Balaban J connectivity index is 2.47. The van der Waals surface area contributed by atoms with Gasteiger partial charge in [0, 0.05) is 19.1 Å². The van der Waals surface area contributed by atoms with Crippen molar-refractivity contribution in [3.63, 3.8) is 0 Å². The zero-order valence-electron chi connectivity index (χ0n) is 12.0. The number of hydrogen-bond acceptors (Lipinski definition) is 3. The second-order valence-corrected chi connectivity index (χ2v) is 4.77. The van der Waals surface area contributed by atoms with Crippen LogP contribution in [0.5, 0.6) is 0 Å². The fourth-order valence-corrected chi connectivity index (χ4v) is 2.04. The quantitative estimate of drug-likeness (QED) is 0.756. The number of nitrogens with zero attached hydrogens (tertiary/aromatic N) is 1. The molecule has 0 saturated heterocycles. The van der Waals surface area contributed by atoms with Gasteiger partial charge in [0.05, 0.1) is 5.56 Å². The smallest absolute Gasteiger partial charge is 0.335 e. The van der Waals surface area contributed by atoms with Gasteiger partial charge in [0.1, 0.15) is 0 Å². The molecule has 106 valence electrons. The van der Waals surface area contributed by atoms with Crippen molar-refractivity contribution in [3.05, 3.63) is 35.4 Å². The fourth-order valence-electron chi connectivity index (χ4n) is 2.04. The molecule has 0 aliphatic carbocycles. The van der Waals surface area contributed by atoms with Crippen molar-refractivity contribution < 1.29 is 9.90 Å². The molecule has 0 radical (unpaired) electrons. The predicted octanol–water partition coefficient (Wildman–Crippen LogP) is 2.20. The van der Waals surface area contributed by atoms with Crippen LogP contribution in [0, 0.1) is 0 Å². The Morgan fingerprint density at radius 1 is 1.37 bits per heavy atom. The van der Waals surface area contributed by atoms with Gasteiger partial charge in [-0.3, -0.25) is 0 Å². The Morgan fingerprint density at radius 2 is 2.05 bits per heavy atom. The van der Waals surface area contributed by atoms with Crippen LogP contribution in [0.3, 0.4) is 0 Å². The first-order valence-electron chi connectivity index (χ1n) is 6.84. The van der Waals surface area contributed by atoms with Crippen LogP contribution in [0.15, 0.2) is 24.3 Å². The monoisotopic (exact) mass is 264 g/mol. The van der Waals surface area contributed by atoms with Gasteiger partial charge in [-0.05, 0) is 37.7 Å². The number of rotatable bonds is 8. The predicted molar refractivity (Wildman–Crippen MR) is 77.5 cm³/mol. The Morgan fingerprint density at radius 3 is 2.63 bits per heavy atom. The number of likely N-dealkylation sites (N-methyl/N-ethyl adjacent to an activating group) is 1. The third kappa shape index (κ3) is 5.41. The highest BCUT2D eigenvalue weighted by Crippen LogP contribution is 2.05. The number of carboxylic acids is 1. The highest BCUT2D eigenvalue weighted by Gasteiger charge is 2.07. The second-order valence-electron chi connectivity index (χ2n) is 4.77. The van der Waals surface area contributed by atoms with E-state index >= 15 is 0 Å². The standard InChI is InChI=1S/C15H24N2O2/c1-4-17(5-2)11-12(3)16-10-13-7-6-8-14(9-13)15(18)19/h6-9,12,16H,4-5,10-11H2,1-3H3,(H,18,19). The lowest BCUT2D eigenvalue weighted by Gasteiger charge is -2.23. The Kier molecular flexibility index (Phi) is 6.53. The maximum atomic E-state index is 10.9. The molecular formula is C15H24N2O2. The van der Waals surface area contributed by atoms with Crippen LogP contribution in [-0.2, 0) is 6.54 Å². The summed E-state index contributed by atoms with van der Waals surface area (Å²) in [6, 6.07) is 7.46. The van der Waals surface area contributed by atoms with E-state index in [9.17, 15) is 4.79 Å². The number of carboxylic acid groups (broad SMARTS) is 1. The molecule has 1 aromatic carbocycles. The van der Waals surface area contributed by atoms with Crippen LogP contribution in [0.25, 0.3) is 0 Å². The van der Waals surface area contributed by atoms with Crippen LogP contribution in [0.4, 0.5) is 0 Å². The molecule has 19 heavy (non-hydrogen) atoms. The summed E-state index contributed by atoms with van der Waals surface area (Å²) >= 11 is 0. The van der Waals surface area contributed by atoms with Crippen molar-refractivity contribution in [2.45, 2.75) is 33.4 Å². The van der Waals surface area contributed by atoms with Gasteiger partial charge in [-0.15, -0.1) is 0 Å². The summed E-state index contributed by atoms with van der Waals surface area (Å²) in [6.07, 6.45) is 0. The molecular weight excluding hydrogens is 240 g/mol. The minimum absolute atomic E-state index is 0.343. The molecule has 4 heteroatoms. The molecule has 0 aromatic heterocycles. The molecule has 1 rings (SSSR count). The number of nitrogens with one attached hydrogen (secondary N) is 1. The third-order valence-corrected chi connectivity index (χ3v) is 3.26. The zero-order chi connectivity index (χ0) is 14.3. The molecule has 0 spiro atoms. The van der Waals surface area contributed by atoms with Gasteiger partial charge in [0.15, 0.2) is 0 Å². The topological polar surface area (TPSA) is 52.6 Å². The van der Waals surface area contributed by atoms with Gasteiger partial charge in [0.2, 0.25) is 0 Å². The van der Waals surface area contributed by atoms with Gasteiger partial charge >= 0.3 is 5.97 Å². The van der Waals surface area contributed by atoms with Crippen molar-refractivity contribution in [2.24, 2.45) is 0 Å². The zero-order valence-corrected chi connectivity index (χ0v) is 12.0. The third-order valence-electron chi connectivity index (χ3n) is 3.26. The summed E-state index contributed by atoms with van der Waals surface area (Å²) < 4.78 is 0. The molecule has 0 saturated carbocycles. The minimum Gasteiger partial charge on any atom is -0.478 e. The molecule has 2 N–H and O–H groups in total. The van der Waals surface area contributed by atoms with Gasteiger partial charge in [0.25, 0.3) is 0 Å². The summed E-state index contributed by atoms with van der Waals surface area (Å²) in [6.45, 7) is 10.3. The highest BCUT2D eigenvalue weighted by molar-refractivity contribution is 5.87. The molecule has 0 amide bonds. The average Bonchev–Trinajstić information content (AvgIpc) is 2.42. The van der Waals surface area contributed by atoms with Crippen molar-refractivity contribution >= 4 is 5.97 Å². The maximum absolute atomic E-state index is 10.9. The van der Waals surface area contributed by atoms with Gasteiger partial charge in [-0.25, -0.2) is 4.79 Å². The van der Waals surface area contributed by atoms with E-state index in [0.29, 0.717) is 18.2 Å². The van der Waals surface area contributed by atoms with E-state index in [0.717, 1.165) is 25.2 Å². The van der Waals surface area contributed by atoms with Crippen molar-refractivity contribution in [2.75, 3.05) is 19.6 Å². The lowest BCUT2D eigenvalue weighted by atomic mass is 10.1. The number of carbonyl (C=O) groups is 1. The molecule has 1 unspecified atom stereocenters. The summed E-state index contributed by atoms with van der Waals surface area (Å²) in [5, 5.41) is 12.4. The average molecular weight is 264 g/mol. The molecule has 1 aromatic rings. The summed E-state index contributed by atoms with van der Waals surface area (Å²) in [5.74, 6) is -0.877. The van der Waals surface area contributed by atoms with Crippen molar-refractivity contribution in [3.8, 4) is 0 Å². The highest BCUT2D eigenvalue weighted by atomic mass is 16.4. The Bertz CT molecular complexity index is 403. The van der Waals surface area contributed by atoms with E-state index in [4.69, 9.17) is 5.11 Å². The van der Waals surface area contributed by atoms with Gasteiger partial charge in [-0.1, -0.05) is 26.0 Å². The maximum Gasteiger partial charge on any atom is 0.335 e. The molecule has 0 heterocycles. The lowest BCUT2D eigenvalue weighted by molar-refractivity contribution is 0.0696. The Labute approximate surface area is 115 Å². The number of hydrogen-bond donors (Lipinski definition) is 2. The van der Waals surface area contributed by atoms with Crippen LogP contribution < -0.4 is 5.32 Å². The molecule has 0 fully saturated rings. The van der Waals surface area contributed by atoms with Crippen LogP contribution >= 0.6 is 0 Å². The van der Waals surface area contributed by atoms with E-state index in [1.165, 1.54) is 0 Å². The fraction of sp³-hybridized carbons (Fsp3) is 0.533. The summed E-state index contributed by atoms with van der Waals surface area (Å²) in [5.41, 5.74) is 1.35. The van der Waals surface area contributed by atoms with E-state index in [1.54, 1.807) is 18.2 Å². The normalized spacial score (nSPS) is 12.6. The van der Waals surface area contributed by atoms with Crippen LogP contribution in [0.1, 0.15) is 36.7 Å². The van der Waals surface area contributed by atoms with E-state index in [2.05, 4.69) is 31.0 Å². The molecule has 1 atom stereocenters. The molecule has 4 nitrogen and oxygen atoms in total. The van der Waals surface area contributed by atoms with Crippen LogP contribution in [-0.4, -0.2) is 41.7 Å². The van der Waals surface area contributed by atoms with E-state index in [-0.39, 0.29) is 0 Å². The minimum atomic E-state index is -0.877. The van der Waals surface area contributed by atoms with Crippen molar-refractivity contribution in [1.82, 2.24) is 10.2 Å². The first-order valence-corrected chi connectivity index (χ1v) is 6.84. The SMILES string of the molecule is CCN(CC)CC(C)NCc1cccc(C(=O)O)c1. The summed E-state index contributed by atoms with van der Waals surface area (Å²) in [4.78, 5) is 13.3. The lowest BCUT2D eigenvalue weighted by Crippen LogP contribution is -2.38. The first-order chi connectivity index (χ1) is 9.06. The number of benzene rings is 1. The van der Waals surface area contributed by atoms with Gasteiger partial charge < -0.3 is 15.3 Å². The van der Waals surface area contributed by atoms with E-state index in [1.807, 2.05) is 6.07 Å². The van der Waals surface area contributed by atoms with Crippen LogP contribution in [0.2, 0.25) is 0 Å². The van der Waals surface area contributed by atoms with E-state index < -0.39 is 5.97 Å². The molecule has 0 aliphatic heterocycles. The summed E-state index contributed by atoms with van der Waals surface area (Å²) in [7, 11) is 0. The van der Waals surface area contributed by atoms with Gasteiger partial charge in [-0.2, -0.15) is 0 Å². The molecule has 0 bridgehead atoms. The second kappa shape index (κ2) is 7.92. The molecule has 0 aliphatic rings. The Hall–Kier alpha value is -1.39. The largest absolute Gasteiger partial charge is 0.478 e. The first kappa shape index (κ1) is 15.7.